The Morgan fingerprint density at radius 2 is 2.00 bits per heavy atom. The van der Waals surface area contributed by atoms with E-state index < -0.39 is 9.71 Å². The van der Waals surface area contributed by atoms with Crippen molar-refractivity contribution in [3.8, 4) is 0 Å². The Bertz CT molecular complexity index is 1460. The molecule has 1 saturated carbocycles. The summed E-state index contributed by atoms with van der Waals surface area (Å²) in [5, 5.41) is 5.81. The van der Waals surface area contributed by atoms with Crippen LogP contribution in [0.15, 0.2) is 42.6 Å². The summed E-state index contributed by atoms with van der Waals surface area (Å²) in [6, 6.07) is 12.4. The van der Waals surface area contributed by atoms with Crippen LogP contribution >= 0.6 is 11.3 Å². The lowest BCUT2D eigenvalue weighted by Gasteiger charge is -2.33. The third kappa shape index (κ3) is 4.23. The van der Waals surface area contributed by atoms with E-state index in [0.29, 0.717) is 12.5 Å². The first-order chi connectivity index (χ1) is 15.9. The number of nitrogens with one attached hydrogen (secondary N) is 1. The summed E-state index contributed by atoms with van der Waals surface area (Å²) in [7, 11) is -2.22. The monoisotopic (exact) mass is 477 g/mol. The van der Waals surface area contributed by atoms with Crippen LogP contribution in [-0.2, 0) is 9.71 Å². The second kappa shape index (κ2) is 8.04. The van der Waals surface area contributed by atoms with E-state index in [1.54, 1.807) is 17.6 Å². The Morgan fingerprint density at radius 3 is 2.82 bits per heavy atom. The predicted octanol–water partition coefficient (Wildman–Crippen LogP) is 5.30. The van der Waals surface area contributed by atoms with Crippen LogP contribution in [0.4, 0.5) is 11.5 Å². The standard InChI is InChI=1S/C25H27N5OS2/c1-33(2,31)30-12-4-5-17(15-30)21-14-22-19(6-3-11-26-22)24(28-21)27-18-9-10-20-23(13-18)32-25(29-20)16-7-8-16/h3,6,9-11,13-14,16-17H,1,4-5,7-8,12,15H2,2H3,(H,27,28). The first-order valence-electron chi connectivity index (χ1n) is 11.4. The maximum atomic E-state index is 12.6. The van der Waals surface area contributed by atoms with Gasteiger partial charge in [0.05, 0.1) is 20.7 Å². The van der Waals surface area contributed by atoms with E-state index in [0.717, 1.165) is 53.0 Å². The maximum absolute atomic E-state index is 12.6. The molecule has 4 aromatic rings. The first-order valence-corrected chi connectivity index (χ1v) is 14.4. The van der Waals surface area contributed by atoms with Gasteiger partial charge in [-0.25, -0.2) is 14.3 Å². The van der Waals surface area contributed by atoms with E-state index >= 15 is 0 Å². The van der Waals surface area contributed by atoms with Gasteiger partial charge in [-0.2, -0.15) is 0 Å². The molecule has 6 rings (SSSR count). The summed E-state index contributed by atoms with van der Waals surface area (Å²) < 4.78 is 15.8. The number of hydrogen-bond donors (Lipinski definition) is 1. The van der Waals surface area contributed by atoms with Crippen LogP contribution in [0.5, 0.6) is 0 Å². The average Bonchev–Trinajstić information content (AvgIpc) is 3.58. The van der Waals surface area contributed by atoms with Gasteiger partial charge in [-0.1, -0.05) is 0 Å². The van der Waals surface area contributed by atoms with E-state index in [1.165, 1.54) is 22.5 Å². The summed E-state index contributed by atoms with van der Waals surface area (Å²) >= 11 is 1.80. The molecule has 8 heteroatoms. The minimum absolute atomic E-state index is 0.207. The predicted molar refractivity (Wildman–Crippen MR) is 139 cm³/mol. The van der Waals surface area contributed by atoms with Crippen LogP contribution in [0.25, 0.3) is 21.1 Å². The van der Waals surface area contributed by atoms with E-state index in [2.05, 4.69) is 46.5 Å². The molecule has 2 unspecified atom stereocenters. The molecule has 6 nitrogen and oxygen atoms in total. The molecule has 2 aliphatic rings. The van der Waals surface area contributed by atoms with Crippen LogP contribution in [0.3, 0.4) is 0 Å². The lowest BCUT2D eigenvalue weighted by Crippen LogP contribution is -2.38. The van der Waals surface area contributed by atoms with Gasteiger partial charge in [-0.05, 0) is 68.0 Å². The highest BCUT2D eigenvalue weighted by atomic mass is 32.2. The number of hydrogen-bond acceptors (Lipinski definition) is 6. The van der Waals surface area contributed by atoms with Gasteiger partial charge in [-0.3, -0.25) is 9.19 Å². The number of aromatic nitrogens is 3. The van der Waals surface area contributed by atoms with Crippen LogP contribution in [0, 0.1) is 0 Å². The van der Waals surface area contributed by atoms with Crippen LogP contribution in [-0.4, -0.2) is 48.7 Å². The van der Waals surface area contributed by atoms with E-state index in [9.17, 15) is 4.21 Å². The Morgan fingerprint density at radius 1 is 1.12 bits per heavy atom. The minimum atomic E-state index is -2.22. The van der Waals surface area contributed by atoms with Gasteiger partial charge in [0.15, 0.2) is 0 Å². The fraction of sp³-hybridized carbons (Fsp3) is 0.360. The van der Waals surface area contributed by atoms with E-state index in [-0.39, 0.29) is 5.92 Å². The van der Waals surface area contributed by atoms with Gasteiger partial charge < -0.3 is 5.32 Å². The minimum Gasteiger partial charge on any atom is -0.340 e. The number of thiazole rings is 1. The van der Waals surface area contributed by atoms with Gasteiger partial charge in [-0.15, -0.1) is 11.3 Å². The molecular weight excluding hydrogens is 450 g/mol. The van der Waals surface area contributed by atoms with Crippen LogP contribution in [0.2, 0.25) is 0 Å². The molecule has 3 aromatic heterocycles. The van der Waals surface area contributed by atoms with Crippen molar-refractivity contribution in [2.75, 3.05) is 24.7 Å². The fourth-order valence-electron chi connectivity index (χ4n) is 4.60. The molecule has 1 aliphatic heterocycles. The van der Waals surface area contributed by atoms with Crippen molar-refractivity contribution in [3.63, 3.8) is 0 Å². The van der Waals surface area contributed by atoms with Crippen molar-refractivity contribution in [1.29, 1.82) is 0 Å². The molecule has 4 heterocycles. The number of anilines is 2. The maximum Gasteiger partial charge on any atom is 0.140 e. The lowest BCUT2D eigenvalue weighted by atomic mass is 9.95. The molecule has 0 bridgehead atoms. The highest BCUT2D eigenvalue weighted by molar-refractivity contribution is 7.97. The zero-order valence-electron chi connectivity index (χ0n) is 18.7. The molecule has 1 saturated heterocycles. The molecule has 0 amide bonds. The summed E-state index contributed by atoms with van der Waals surface area (Å²) in [6.07, 6.45) is 8.08. The van der Waals surface area contributed by atoms with Crippen molar-refractivity contribution in [1.82, 2.24) is 19.3 Å². The molecule has 1 aliphatic carbocycles. The Kier molecular flexibility index (Phi) is 5.12. The van der Waals surface area contributed by atoms with Crippen LogP contribution in [0.1, 0.15) is 48.2 Å². The number of benzene rings is 1. The number of piperidine rings is 1. The van der Waals surface area contributed by atoms with Crippen molar-refractivity contribution in [2.24, 2.45) is 0 Å². The zero-order valence-corrected chi connectivity index (χ0v) is 20.3. The molecule has 33 heavy (non-hydrogen) atoms. The molecular formula is C25H27N5OS2. The van der Waals surface area contributed by atoms with Gasteiger partial charge in [0.2, 0.25) is 0 Å². The van der Waals surface area contributed by atoms with Crippen molar-refractivity contribution >= 4 is 59.5 Å². The third-order valence-electron chi connectivity index (χ3n) is 6.56. The fourth-order valence-corrected chi connectivity index (χ4v) is 6.78. The second-order valence-corrected chi connectivity index (χ2v) is 12.8. The average molecular weight is 478 g/mol. The van der Waals surface area contributed by atoms with Gasteiger partial charge >= 0.3 is 0 Å². The highest BCUT2D eigenvalue weighted by Gasteiger charge is 2.28. The van der Waals surface area contributed by atoms with Gasteiger partial charge in [0.1, 0.15) is 5.82 Å². The number of nitrogens with zero attached hydrogens (tertiary/aromatic N) is 4. The highest BCUT2D eigenvalue weighted by Crippen LogP contribution is 2.43. The third-order valence-corrected chi connectivity index (χ3v) is 9.17. The van der Waals surface area contributed by atoms with Crippen molar-refractivity contribution in [2.45, 2.75) is 37.5 Å². The Balaban J connectivity index is 1.36. The molecule has 0 radical (unpaired) electrons. The van der Waals surface area contributed by atoms with E-state index in [4.69, 9.17) is 9.97 Å². The Labute approximate surface area is 198 Å². The van der Waals surface area contributed by atoms with Crippen LogP contribution < -0.4 is 5.32 Å². The SMILES string of the molecule is C=S(C)(=O)N1CCCC(c2cc3ncccc3c(Nc3ccc4nc(C5CC5)sc4c3)n2)C1. The Hall–Kier alpha value is -2.55. The molecule has 2 fully saturated rings. The molecule has 1 aromatic carbocycles. The van der Waals surface area contributed by atoms with Gasteiger partial charge in [0.25, 0.3) is 0 Å². The summed E-state index contributed by atoms with van der Waals surface area (Å²) in [5.74, 6) is 5.57. The molecule has 1 N–H and O–H groups in total. The van der Waals surface area contributed by atoms with Crippen molar-refractivity contribution < 1.29 is 4.21 Å². The normalized spacial score (nSPS) is 21.3. The smallest absolute Gasteiger partial charge is 0.140 e. The first kappa shape index (κ1) is 21.0. The quantitative estimate of drug-likeness (QED) is 0.395. The van der Waals surface area contributed by atoms with Gasteiger partial charge in [0, 0.05) is 63.9 Å². The second-order valence-electron chi connectivity index (χ2n) is 9.29. The van der Waals surface area contributed by atoms with E-state index in [1.807, 2.05) is 16.6 Å². The zero-order chi connectivity index (χ0) is 22.6. The molecule has 2 atom stereocenters. The number of fused-ring (bicyclic) bond motifs is 2. The summed E-state index contributed by atoms with van der Waals surface area (Å²) in [4.78, 5) is 14.5. The molecule has 170 valence electrons. The molecule has 0 spiro atoms. The van der Waals surface area contributed by atoms with Crippen molar-refractivity contribution in [3.05, 3.63) is 53.3 Å². The summed E-state index contributed by atoms with van der Waals surface area (Å²) in [5.41, 5.74) is 3.98. The number of rotatable bonds is 5. The number of pyridine rings is 2. The lowest BCUT2D eigenvalue weighted by molar-refractivity contribution is 0.327. The topological polar surface area (TPSA) is 71.0 Å². The summed E-state index contributed by atoms with van der Waals surface area (Å²) in [6.45, 7) is 1.53. The largest absolute Gasteiger partial charge is 0.340 e.